The van der Waals surface area contributed by atoms with Gasteiger partial charge in [0.25, 0.3) is 16.9 Å². The predicted octanol–water partition coefficient (Wildman–Crippen LogP) is 0.984. The number of benzene rings is 1. The minimum Gasteiger partial charge on any atom is -0.341 e. The molecule has 1 aromatic carbocycles. The van der Waals surface area contributed by atoms with E-state index in [1.807, 2.05) is 6.26 Å². The van der Waals surface area contributed by atoms with Gasteiger partial charge in [0.15, 0.2) is 19.3 Å². The van der Waals surface area contributed by atoms with Crippen LogP contribution in [0.4, 0.5) is 0 Å². The van der Waals surface area contributed by atoms with Gasteiger partial charge in [-0.25, -0.2) is 0 Å². The Morgan fingerprint density at radius 3 is 2.07 bits per heavy atom. The SMILES string of the molecule is CSCCN(C)C(=O)c1cc(C(=O)N(C)CO[N+](=O)[O-])c(C=O)cc1C=O. The second-order valence-electron chi connectivity index (χ2n) is 5.47. The first-order valence-electron chi connectivity index (χ1n) is 7.62. The van der Waals surface area contributed by atoms with Crippen LogP contribution in [0.15, 0.2) is 12.1 Å². The van der Waals surface area contributed by atoms with Crippen molar-refractivity contribution in [2.24, 2.45) is 0 Å². The van der Waals surface area contributed by atoms with Gasteiger partial charge in [-0.05, 0) is 18.4 Å². The number of nitrogens with zero attached hydrogens (tertiary/aromatic N) is 3. The fourth-order valence-electron chi connectivity index (χ4n) is 2.13. The average Bonchev–Trinajstić information content (AvgIpc) is 2.67. The standard InChI is InChI=1S/C16H19N3O7S/c1-17(4-5-27-3)15(22)13-7-14(12(9-21)6-11(13)8-20)16(23)18(2)10-26-19(24)25/h6-9H,4-5,10H2,1-3H3. The third-order valence-electron chi connectivity index (χ3n) is 3.62. The third kappa shape index (κ3) is 5.78. The van der Waals surface area contributed by atoms with Gasteiger partial charge in [0.1, 0.15) is 0 Å². The number of amides is 2. The van der Waals surface area contributed by atoms with Crippen molar-refractivity contribution in [2.45, 2.75) is 0 Å². The van der Waals surface area contributed by atoms with Crippen LogP contribution in [0.1, 0.15) is 41.4 Å². The monoisotopic (exact) mass is 397 g/mol. The quantitative estimate of drug-likeness (QED) is 0.247. The molecule has 0 atom stereocenters. The van der Waals surface area contributed by atoms with Gasteiger partial charge in [-0.2, -0.15) is 11.8 Å². The van der Waals surface area contributed by atoms with Crippen LogP contribution >= 0.6 is 11.8 Å². The van der Waals surface area contributed by atoms with E-state index in [0.29, 0.717) is 24.9 Å². The summed E-state index contributed by atoms with van der Waals surface area (Å²) < 4.78 is 0. The predicted molar refractivity (Wildman–Crippen MR) is 97.6 cm³/mol. The number of carbonyl (C=O) groups excluding carboxylic acids is 4. The van der Waals surface area contributed by atoms with Crippen LogP contribution < -0.4 is 0 Å². The second-order valence-corrected chi connectivity index (χ2v) is 6.45. The Bertz CT molecular complexity index is 754. The first kappa shape index (κ1) is 22.1. The molecule has 0 radical (unpaired) electrons. The maximum atomic E-state index is 12.6. The van der Waals surface area contributed by atoms with Gasteiger partial charge in [0.05, 0.1) is 11.1 Å². The molecule has 10 nitrogen and oxygen atoms in total. The van der Waals surface area contributed by atoms with Crippen molar-refractivity contribution in [2.75, 3.05) is 39.4 Å². The smallest absolute Gasteiger partial charge is 0.296 e. The highest BCUT2D eigenvalue weighted by atomic mass is 32.2. The van der Waals surface area contributed by atoms with E-state index < -0.39 is 23.6 Å². The van der Waals surface area contributed by atoms with E-state index in [2.05, 4.69) is 4.84 Å². The molecule has 11 heteroatoms. The van der Waals surface area contributed by atoms with E-state index in [0.717, 1.165) is 17.0 Å². The van der Waals surface area contributed by atoms with E-state index >= 15 is 0 Å². The third-order valence-corrected chi connectivity index (χ3v) is 4.21. The second kappa shape index (κ2) is 10.3. The lowest BCUT2D eigenvalue weighted by Crippen LogP contribution is -2.33. The van der Waals surface area contributed by atoms with Gasteiger partial charge >= 0.3 is 0 Å². The lowest BCUT2D eigenvalue weighted by Gasteiger charge is -2.20. The molecule has 1 aromatic rings. The molecule has 27 heavy (non-hydrogen) atoms. The molecule has 0 unspecified atom stereocenters. The Morgan fingerprint density at radius 1 is 1.11 bits per heavy atom. The van der Waals surface area contributed by atoms with Crippen molar-refractivity contribution in [3.05, 3.63) is 44.5 Å². The minimum absolute atomic E-state index is 0.0288. The summed E-state index contributed by atoms with van der Waals surface area (Å²) in [5, 5.41) is 9.21. The van der Waals surface area contributed by atoms with E-state index in [4.69, 9.17) is 0 Å². The summed E-state index contributed by atoms with van der Waals surface area (Å²) in [5.74, 6) is -0.572. The molecule has 0 N–H and O–H groups in total. The lowest BCUT2D eigenvalue weighted by atomic mass is 9.97. The molecule has 146 valence electrons. The highest BCUT2D eigenvalue weighted by molar-refractivity contribution is 7.98. The van der Waals surface area contributed by atoms with Gasteiger partial charge in [-0.1, -0.05) is 0 Å². The summed E-state index contributed by atoms with van der Waals surface area (Å²) in [4.78, 5) is 64.5. The Morgan fingerprint density at radius 2 is 1.63 bits per heavy atom. The van der Waals surface area contributed by atoms with Crippen LogP contribution in [0, 0.1) is 10.1 Å². The van der Waals surface area contributed by atoms with Gasteiger partial charge in [0.2, 0.25) is 0 Å². The summed E-state index contributed by atoms with van der Waals surface area (Å²) >= 11 is 1.54. The average molecular weight is 397 g/mol. The number of rotatable bonds is 10. The fraction of sp³-hybridized carbons (Fsp3) is 0.375. The summed E-state index contributed by atoms with van der Waals surface area (Å²) in [6.45, 7) is -0.232. The molecule has 0 aliphatic rings. The number of carbonyl (C=O) groups is 4. The highest BCUT2D eigenvalue weighted by Crippen LogP contribution is 2.19. The summed E-state index contributed by atoms with van der Waals surface area (Å²) in [7, 11) is 2.79. The lowest BCUT2D eigenvalue weighted by molar-refractivity contribution is -0.761. The van der Waals surface area contributed by atoms with Gasteiger partial charge in [0, 0.05) is 37.5 Å². The van der Waals surface area contributed by atoms with Gasteiger partial charge in [-0.3, -0.25) is 24.0 Å². The molecule has 0 saturated heterocycles. The van der Waals surface area contributed by atoms with E-state index in [1.54, 1.807) is 7.05 Å². The molecule has 0 saturated carbocycles. The first-order chi connectivity index (χ1) is 12.8. The summed E-state index contributed by atoms with van der Waals surface area (Å²) in [5.41, 5.74) is -0.338. The van der Waals surface area contributed by atoms with E-state index in [-0.39, 0.29) is 22.3 Å². The van der Waals surface area contributed by atoms with Crippen molar-refractivity contribution in [1.82, 2.24) is 9.80 Å². The number of hydrogen-bond donors (Lipinski definition) is 0. The molecule has 0 aliphatic carbocycles. The molecule has 0 bridgehead atoms. The van der Waals surface area contributed by atoms with Crippen LogP contribution in [0.25, 0.3) is 0 Å². The first-order valence-corrected chi connectivity index (χ1v) is 9.01. The highest BCUT2D eigenvalue weighted by Gasteiger charge is 2.23. The molecule has 0 heterocycles. The Labute approximate surface area is 159 Å². The van der Waals surface area contributed by atoms with Crippen molar-refractivity contribution in [1.29, 1.82) is 0 Å². The van der Waals surface area contributed by atoms with E-state index in [1.165, 1.54) is 23.7 Å². The van der Waals surface area contributed by atoms with Crippen molar-refractivity contribution >= 4 is 36.1 Å². The van der Waals surface area contributed by atoms with Crippen molar-refractivity contribution in [3.8, 4) is 0 Å². The molecule has 0 spiro atoms. The number of hydrogen-bond acceptors (Lipinski definition) is 8. The molecular formula is C16H19N3O7S. The van der Waals surface area contributed by atoms with Crippen LogP contribution in [0.5, 0.6) is 0 Å². The van der Waals surface area contributed by atoms with Crippen molar-refractivity contribution < 1.29 is 29.1 Å². The molecule has 0 aliphatic heterocycles. The zero-order chi connectivity index (χ0) is 20.6. The van der Waals surface area contributed by atoms with Crippen molar-refractivity contribution in [3.63, 3.8) is 0 Å². The van der Waals surface area contributed by atoms with Gasteiger partial charge in [-0.15, -0.1) is 10.1 Å². The minimum atomic E-state index is -1.06. The zero-order valence-electron chi connectivity index (χ0n) is 15.0. The Hall–Kier alpha value is -2.95. The number of thioether (sulfide) groups is 1. The van der Waals surface area contributed by atoms with Crippen LogP contribution in [0.3, 0.4) is 0 Å². The molecule has 0 fully saturated rings. The normalized spacial score (nSPS) is 10.0. The van der Waals surface area contributed by atoms with Crippen LogP contribution in [-0.2, 0) is 4.84 Å². The van der Waals surface area contributed by atoms with E-state index in [9.17, 15) is 29.3 Å². The maximum absolute atomic E-state index is 12.6. The molecule has 1 rings (SSSR count). The van der Waals surface area contributed by atoms with Gasteiger partial charge < -0.3 is 9.80 Å². The number of aldehydes is 2. The fourth-order valence-corrected chi connectivity index (χ4v) is 2.59. The Kier molecular flexibility index (Phi) is 8.39. The maximum Gasteiger partial charge on any atom is 0.296 e. The largest absolute Gasteiger partial charge is 0.341 e. The molecule has 0 aromatic heterocycles. The summed E-state index contributed by atoms with van der Waals surface area (Å²) in [6, 6.07) is 2.29. The molecular weight excluding hydrogens is 378 g/mol. The van der Waals surface area contributed by atoms with Crippen LogP contribution in [-0.4, -0.2) is 78.7 Å². The topological polar surface area (TPSA) is 127 Å². The molecule has 2 amide bonds. The zero-order valence-corrected chi connectivity index (χ0v) is 15.9. The Balaban J connectivity index is 3.30. The summed E-state index contributed by atoms with van der Waals surface area (Å²) in [6.07, 6.45) is 2.68. The van der Waals surface area contributed by atoms with Crippen LogP contribution in [0.2, 0.25) is 0 Å².